The van der Waals surface area contributed by atoms with Crippen LogP contribution in [0.3, 0.4) is 0 Å². The number of aromatic nitrogens is 1. The zero-order valence-corrected chi connectivity index (χ0v) is 13.8. The minimum absolute atomic E-state index is 0.0653. The topological polar surface area (TPSA) is 54.6 Å². The lowest BCUT2D eigenvalue weighted by atomic mass is 9.89. The second kappa shape index (κ2) is 5.08. The molecule has 2 aliphatic heterocycles. The molecule has 3 heterocycles. The molecule has 1 aromatic heterocycles. The van der Waals surface area contributed by atoms with Gasteiger partial charge >= 0.3 is 5.97 Å². The third-order valence-electron chi connectivity index (χ3n) is 4.79. The van der Waals surface area contributed by atoms with E-state index in [0.717, 1.165) is 11.9 Å². The van der Waals surface area contributed by atoms with Gasteiger partial charge in [0.05, 0.1) is 18.2 Å². The first-order chi connectivity index (χ1) is 11.0. The highest BCUT2D eigenvalue weighted by atomic mass is 16.7. The number of benzene rings is 1. The fourth-order valence-electron chi connectivity index (χ4n) is 3.89. The van der Waals surface area contributed by atoms with E-state index in [4.69, 9.17) is 9.57 Å². The molecule has 5 heteroatoms. The molecule has 2 atom stereocenters. The van der Waals surface area contributed by atoms with Crippen molar-refractivity contribution in [1.29, 1.82) is 0 Å². The number of hydrogen-bond donors (Lipinski definition) is 1. The van der Waals surface area contributed by atoms with Crippen LogP contribution in [-0.4, -0.2) is 34.3 Å². The van der Waals surface area contributed by atoms with Crippen LogP contribution in [0, 0.1) is 0 Å². The fourth-order valence-corrected chi connectivity index (χ4v) is 3.89. The molecule has 1 aromatic carbocycles. The van der Waals surface area contributed by atoms with E-state index in [1.807, 2.05) is 24.1 Å². The Bertz CT molecular complexity index is 765. The van der Waals surface area contributed by atoms with Crippen LogP contribution >= 0.6 is 0 Å². The van der Waals surface area contributed by atoms with Gasteiger partial charge in [0.15, 0.2) is 0 Å². The Morgan fingerprint density at radius 3 is 3.00 bits per heavy atom. The Labute approximate surface area is 135 Å². The van der Waals surface area contributed by atoms with Gasteiger partial charge in [0.2, 0.25) is 0 Å². The average molecular weight is 314 g/mol. The summed E-state index contributed by atoms with van der Waals surface area (Å²) in [6.45, 7) is 6.35. The van der Waals surface area contributed by atoms with Crippen molar-refractivity contribution in [2.75, 3.05) is 6.61 Å². The molecule has 0 spiro atoms. The van der Waals surface area contributed by atoms with Gasteiger partial charge in [-0.05, 0) is 32.4 Å². The number of rotatable bonds is 2. The van der Waals surface area contributed by atoms with E-state index in [2.05, 4.69) is 31.0 Å². The molecule has 4 rings (SSSR count). The van der Waals surface area contributed by atoms with Gasteiger partial charge in [-0.1, -0.05) is 18.2 Å². The van der Waals surface area contributed by atoms with Crippen molar-refractivity contribution < 1.29 is 14.4 Å². The van der Waals surface area contributed by atoms with Crippen LogP contribution in [0.4, 0.5) is 0 Å². The van der Waals surface area contributed by atoms with E-state index < -0.39 is 0 Å². The van der Waals surface area contributed by atoms with Crippen molar-refractivity contribution in [3.05, 3.63) is 35.5 Å². The van der Waals surface area contributed by atoms with Crippen LogP contribution in [-0.2, 0) is 20.8 Å². The largest absolute Gasteiger partial charge is 0.465 e. The fraction of sp³-hybridized carbons (Fsp3) is 0.500. The number of carbonyl (C=O) groups is 1. The Balaban J connectivity index is 1.83. The number of hydrogen-bond acceptors (Lipinski definition) is 4. The molecule has 0 unspecified atom stereocenters. The lowest BCUT2D eigenvalue weighted by molar-refractivity contribution is -0.227. The summed E-state index contributed by atoms with van der Waals surface area (Å²) in [4.78, 5) is 22.1. The van der Waals surface area contributed by atoms with E-state index in [1.165, 1.54) is 16.6 Å². The molecule has 0 bridgehead atoms. The van der Waals surface area contributed by atoms with Crippen LogP contribution < -0.4 is 0 Å². The predicted molar refractivity (Wildman–Crippen MR) is 86.8 cm³/mol. The minimum Gasteiger partial charge on any atom is -0.465 e. The minimum atomic E-state index is -0.381. The number of nitrogens with one attached hydrogen (secondary N) is 1. The zero-order chi connectivity index (χ0) is 16.2. The predicted octanol–water partition coefficient (Wildman–Crippen LogP) is 3.11. The normalized spacial score (nSPS) is 26.0. The Morgan fingerprint density at radius 1 is 1.43 bits per heavy atom. The highest BCUT2D eigenvalue weighted by Gasteiger charge is 2.50. The van der Waals surface area contributed by atoms with Crippen molar-refractivity contribution in [1.82, 2.24) is 10.0 Å². The molecule has 2 aromatic rings. The lowest BCUT2D eigenvalue weighted by Gasteiger charge is -2.34. The van der Waals surface area contributed by atoms with Crippen molar-refractivity contribution in [3.63, 3.8) is 0 Å². The van der Waals surface area contributed by atoms with Gasteiger partial charge in [0, 0.05) is 29.4 Å². The molecule has 0 radical (unpaired) electrons. The maximum atomic E-state index is 12.5. The summed E-state index contributed by atoms with van der Waals surface area (Å²) >= 11 is 0. The van der Waals surface area contributed by atoms with Gasteiger partial charge in [0.1, 0.15) is 6.04 Å². The third kappa shape index (κ3) is 2.26. The number of carbonyl (C=O) groups excluding carboxylic acids is 1. The molecular formula is C18H22N2O3. The number of nitrogens with zero attached hydrogens (tertiary/aromatic N) is 1. The van der Waals surface area contributed by atoms with Crippen LogP contribution in [0.2, 0.25) is 0 Å². The highest BCUT2D eigenvalue weighted by molar-refractivity contribution is 5.87. The number of para-hydroxylation sites is 1. The summed E-state index contributed by atoms with van der Waals surface area (Å²) in [6.07, 6.45) is 1.47. The first kappa shape index (κ1) is 14.7. The summed E-state index contributed by atoms with van der Waals surface area (Å²) in [7, 11) is 0. The quantitative estimate of drug-likeness (QED) is 0.865. The third-order valence-corrected chi connectivity index (χ3v) is 4.79. The van der Waals surface area contributed by atoms with Crippen LogP contribution in [0.5, 0.6) is 0 Å². The van der Waals surface area contributed by atoms with Crippen molar-refractivity contribution in [3.8, 4) is 0 Å². The Hall–Kier alpha value is -1.85. The first-order valence-corrected chi connectivity index (χ1v) is 8.24. The zero-order valence-electron chi connectivity index (χ0n) is 13.8. The van der Waals surface area contributed by atoms with Crippen LogP contribution in [0.15, 0.2) is 24.3 Å². The number of ether oxygens (including phenoxy) is 1. The number of aromatic amines is 1. The Kier molecular flexibility index (Phi) is 3.25. The number of fused-ring (bicyclic) bond motifs is 5. The van der Waals surface area contributed by atoms with Crippen molar-refractivity contribution in [2.45, 2.75) is 51.3 Å². The van der Waals surface area contributed by atoms with E-state index >= 15 is 0 Å². The van der Waals surface area contributed by atoms with E-state index in [-0.39, 0.29) is 23.7 Å². The molecule has 5 nitrogen and oxygen atoms in total. The SMILES string of the molecule is CCOC(=O)[C@@H]1Cc2c([nH]c3ccccc23)[C@H]2CC(C)(C)ON21. The molecule has 1 fully saturated rings. The molecule has 0 aliphatic carbocycles. The van der Waals surface area contributed by atoms with Gasteiger partial charge in [-0.15, -0.1) is 0 Å². The molecule has 1 N–H and O–H groups in total. The standard InChI is InChI=1S/C18H22N2O3/c1-4-22-17(21)14-9-12-11-7-5-6-8-13(11)19-16(12)15-10-18(2,3)23-20(14)15/h5-8,14-15,19H,4,9-10H2,1-3H3/t14-,15+/m0/s1. The van der Waals surface area contributed by atoms with Crippen molar-refractivity contribution >= 4 is 16.9 Å². The first-order valence-electron chi connectivity index (χ1n) is 8.24. The molecule has 122 valence electrons. The lowest BCUT2D eigenvalue weighted by Crippen LogP contribution is -2.46. The smallest absolute Gasteiger partial charge is 0.326 e. The van der Waals surface area contributed by atoms with Gasteiger partial charge in [-0.2, -0.15) is 5.06 Å². The van der Waals surface area contributed by atoms with Crippen molar-refractivity contribution in [2.24, 2.45) is 0 Å². The van der Waals surface area contributed by atoms with E-state index in [1.54, 1.807) is 0 Å². The van der Waals surface area contributed by atoms with Gasteiger partial charge in [0.25, 0.3) is 0 Å². The van der Waals surface area contributed by atoms with E-state index in [0.29, 0.717) is 13.0 Å². The van der Waals surface area contributed by atoms with Gasteiger partial charge in [-0.3, -0.25) is 9.63 Å². The molecule has 0 saturated carbocycles. The summed E-state index contributed by atoms with van der Waals surface area (Å²) in [5.41, 5.74) is 3.24. The molecule has 2 aliphatic rings. The summed E-state index contributed by atoms with van der Waals surface area (Å²) in [6, 6.07) is 7.95. The molecule has 23 heavy (non-hydrogen) atoms. The van der Waals surface area contributed by atoms with Gasteiger partial charge in [-0.25, -0.2) is 0 Å². The van der Waals surface area contributed by atoms with Crippen LogP contribution in [0.1, 0.15) is 44.5 Å². The second-order valence-corrected chi connectivity index (χ2v) is 6.97. The van der Waals surface area contributed by atoms with Gasteiger partial charge < -0.3 is 9.72 Å². The maximum Gasteiger partial charge on any atom is 0.326 e. The average Bonchev–Trinajstić information content (AvgIpc) is 3.03. The van der Waals surface area contributed by atoms with Crippen LogP contribution in [0.25, 0.3) is 10.9 Å². The Morgan fingerprint density at radius 2 is 2.22 bits per heavy atom. The summed E-state index contributed by atoms with van der Waals surface area (Å²) < 4.78 is 5.29. The number of esters is 1. The summed E-state index contributed by atoms with van der Waals surface area (Å²) in [5.74, 6) is -0.203. The maximum absolute atomic E-state index is 12.5. The second-order valence-electron chi connectivity index (χ2n) is 6.97. The monoisotopic (exact) mass is 314 g/mol. The molecule has 0 amide bonds. The van der Waals surface area contributed by atoms with E-state index in [9.17, 15) is 4.79 Å². The molecule has 1 saturated heterocycles. The highest BCUT2D eigenvalue weighted by Crippen LogP contribution is 2.47. The number of H-pyrrole nitrogens is 1. The molecular weight excluding hydrogens is 292 g/mol. The number of hydroxylamine groups is 2. The summed E-state index contributed by atoms with van der Waals surface area (Å²) in [5, 5.41) is 3.05.